The number of methoxy groups -OCH3 is 1. The molecule has 2 N–H and O–H groups in total. The maximum Gasteiger partial charge on any atom is 0.319 e. The second-order valence-electron chi connectivity index (χ2n) is 5.36. The molecule has 2 rings (SSSR count). The number of amides is 2. The monoisotopic (exact) mass is 328 g/mol. The van der Waals surface area contributed by atoms with Crippen molar-refractivity contribution in [3.63, 3.8) is 0 Å². The highest BCUT2D eigenvalue weighted by Crippen LogP contribution is 2.22. The van der Waals surface area contributed by atoms with Gasteiger partial charge in [-0.05, 0) is 31.0 Å². The van der Waals surface area contributed by atoms with Gasteiger partial charge in [-0.15, -0.1) is 0 Å². The van der Waals surface area contributed by atoms with Gasteiger partial charge in [0.25, 0.3) is 0 Å². The second-order valence-corrected chi connectivity index (χ2v) is 5.36. The Balaban J connectivity index is 1.64. The number of carbonyl (C=O) groups excluding carboxylic acids is 1. The summed E-state index contributed by atoms with van der Waals surface area (Å²) in [5, 5.41) is 5.58. The van der Waals surface area contributed by atoms with Gasteiger partial charge in [-0.1, -0.05) is 42.5 Å². The van der Waals surface area contributed by atoms with Crippen molar-refractivity contribution in [3.8, 4) is 5.75 Å². The Hall–Kier alpha value is -2.53. The van der Waals surface area contributed by atoms with Crippen LogP contribution in [0.15, 0.2) is 54.6 Å². The van der Waals surface area contributed by atoms with E-state index < -0.39 is 0 Å². The third-order valence-corrected chi connectivity index (χ3v) is 3.60. The topological polar surface area (TPSA) is 59.6 Å². The minimum Gasteiger partial charge on any atom is -0.495 e. The Morgan fingerprint density at radius 3 is 2.54 bits per heavy atom. The number of ether oxygens (including phenoxy) is 2. The summed E-state index contributed by atoms with van der Waals surface area (Å²) < 4.78 is 11.0. The first kappa shape index (κ1) is 17.8. The average Bonchev–Trinajstić information content (AvgIpc) is 2.62. The molecule has 1 atom stereocenters. The van der Waals surface area contributed by atoms with Crippen molar-refractivity contribution in [2.75, 3.05) is 25.6 Å². The van der Waals surface area contributed by atoms with Crippen molar-refractivity contribution < 1.29 is 14.3 Å². The molecule has 0 saturated heterocycles. The Bertz CT molecular complexity index is 632. The Labute approximate surface area is 143 Å². The molecule has 5 nitrogen and oxygen atoms in total. The van der Waals surface area contributed by atoms with Crippen LogP contribution in [-0.2, 0) is 4.74 Å². The van der Waals surface area contributed by atoms with Gasteiger partial charge in [0.2, 0.25) is 0 Å². The number of carbonyl (C=O) groups is 1. The highest BCUT2D eigenvalue weighted by Gasteiger charge is 2.07. The van der Waals surface area contributed by atoms with Crippen molar-refractivity contribution in [1.29, 1.82) is 0 Å². The third kappa shape index (κ3) is 5.59. The van der Waals surface area contributed by atoms with E-state index in [1.807, 2.05) is 49.4 Å². The zero-order valence-electron chi connectivity index (χ0n) is 14.1. The van der Waals surface area contributed by atoms with E-state index >= 15 is 0 Å². The van der Waals surface area contributed by atoms with Crippen LogP contribution in [0.1, 0.15) is 25.0 Å². The van der Waals surface area contributed by atoms with E-state index in [4.69, 9.17) is 9.47 Å². The second kappa shape index (κ2) is 9.57. The number of hydrogen-bond acceptors (Lipinski definition) is 3. The number of urea groups is 1. The van der Waals surface area contributed by atoms with Gasteiger partial charge in [0, 0.05) is 13.2 Å². The number of rotatable bonds is 8. The summed E-state index contributed by atoms with van der Waals surface area (Å²) in [6.45, 7) is 3.16. The summed E-state index contributed by atoms with van der Waals surface area (Å²) in [5.41, 5.74) is 1.80. The van der Waals surface area contributed by atoms with Gasteiger partial charge in [-0.2, -0.15) is 0 Å². The Morgan fingerprint density at radius 2 is 1.79 bits per heavy atom. The molecule has 0 fully saturated rings. The molecular weight excluding hydrogens is 304 g/mol. The Kier molecular flexibility index (Phi) is 7.11. The third-order valence-electron chi connectivity index (χ3n) is 3.60. The summed E-state index contributed by atoms with van der Waals surface area (Å²) in [6, 6.07) is 17.1. The van der Waals surface area contributed by atoms with E-state index in [1.165, 1.54) is 0 Å². The highest BCUT2D eigenvalue weighted by molar-refractivity contribution is 5.90. The molecule has 2 aromatic carbocycles. The van der Waals surface area contributed by atoms with Crippen LogP contribution in [0.4, 0.5) is 10.5 Å². The summed E-state index contributed by atoms with van der Waals surface area (Å²) >= 11 is 0. The van der Waals surface area contributed by atoms with Gasteiger partial charge in [0.05, 0.1) is 18.9 Å². The van der Waals surface area contributed by atoms with Crippen molar-refractivity contribution in [3.05, 3.63) is 60.2 Å². The van der Waals surface area contributed by atoms with Gasteiger partial charge < -0.3 is 20.1 Å². The molecule has 0 aliphatic carbocycles. The predicted octanol–water partition coefficient (Wildman–Crippen LogP) is 3.98. The van der Waals surface area contributed by atoms with Gasteiger partial charge >= 0.3 is 6.03 Å². The molecule has 0 saturated carbocycles. The normalized spacial score (nSPS) is 11.6. The smallest absolute Gasteiger partial charge is 0.319 e. The maximum atomic E-state index is 11.9. The fourth-order valence-electron chi connectivity index (χ4n) is 2.27. The molecule has 0 unspecified atom stereocenters. The van der Waals surface area contributed by atoms with Crippen LogP contribution in [0.25, 0.3) is 0 Å². The van der Waals surface area contributed by atoms with Crippen molar-refractivity contribution in [2.45, 2.75) is 19.4 Å². The molecule has 0 spiro atoms. The van der Waals surface area contributed by atoms with Crippen LogP contribution < -0.4 is 15.4 Å². The number of nitrogens with one attached hydrogen (secondary N) is 2. The summed E-state index contributed by atoms with van der Waals surface area (Å²) in [4.78, 5) is 11.9. The highest BCUT2D eigenvalue weighted by atomic mass is 16.5. The van der Waals surface area contributed by atoms with Crippen LogP contribution >= 0.6 is 0 Å². The molecule has 0 aliphatic heterocycles. The van der Waals surface area contributed by atoms with E-state index in [2.05, 4.69) is 10.6 Å². The predicted molar refractivity (Wildman–Crippen MR) is 95.4 cm³/mol. The fraction of sp³-hybridized carbons (Fsp3) is 0.316. The average molecular weight is 328 g/mol. The van der Waals surface area contributed by atoms with Gasteiger partial charge in [-0.25, -0.2) is 4.79 Å². The van der Waals surface area contributed by atoms with Crippen LogP contribution in [0.5, 0.6) is 5.75 Å². The zero-order chi connectivity index (χ0) is 17.2. The van der Waals surface area contributed by atoms with Gasteiger partial charge in [0.15, 0.2) is 0 Å². The summed E-state index contributed by atoms with van der Waals surface area (Å²) in [7, 11) is 1.57. The first-order valence-corrected chi connectivity index (χ1v) is 8.05. The molecule has 2 amide bonds. The van der Waals surface area contributed by atoms with E-state index in [0.29, 0.717) is 24.6 Å². The summed E-state index contributed by atoms with van der Waals surface area (Å²) in [6.07, 6.45) is 0.796. The van der Waals surface area contributed by atoms with Gasteiger partial charge in [0.1, 0.15) is 5.75 Å². The van der Waals surface area contributed by atoms with E-state index in [0.717, 1.165) is 12.0 Å². The van der Waals surface area contributed by atoms with Crippen LogP contribution in [0.2, 0.25) is 0 Å². The molecule has 0 radical (unpaired) electrons. The molecule has 0 heterocycles. The molecule has 128 valence electrons. The Morgan fingerprint density at radius 1 is 1.08 bits per heavy atom. The lowest BCUT2D eigenvalue weighted by Gasteiger charge is -2.14. The van der Waals surface area contributed by atoms with E-state index in [1.54, 1.807) is 19.2 Å². The van der Waals surface area contributed by atoms with E-state index in [-0.39, 0.29) is 12.1 Å². The molecule has 24 heavy (non-hydrogen) atoms. The molecule has 0 aromatic heterocycles. The quantitative estimate of drug-likeness (QED) is 0.721. The number of anilines is 1. The van der Waals surface area contributed by atoms with Crippen molar-refractivity contribution >= 4 is 11.7 Å². The minimum absolute atomic E-state index is 0.0496. The number of hydrogen-bond donors (Lipinski definition) is 2. The molecule has 0 aliphatic rings. The SMILES string of the molecule is COc1ccccc1NC(=O)NCCCO[C@H](C)c1ccccc1. The zero-order valence-corrected chi connectivity index (χ0v) is 14.1. The lowest BCUT2D eigenvalue weighted by molar-refractivity contribution is 0.0644. The molecule has 0 bridgehead atoms. The fourth-order valence-corrected chi connectivity index (χ4v) is 2.27. The van der Waals surface area contributed by atoms with Crippen molar-refractivity contribution in [2.24, 2.45) is 0 Å². The standard InChI is InChI=1S/C19H24N2O3/c1-15(16-9-4-3-5-10-16)24-14-8-13-20-19(22)21-17-11-6-7-12-18(17)23-2/h3-7,9-12,15H,8,13-14H2,1-2H3,(H2,20,21,22)/t15-/m1/s1. The molecular formula is C19H24N2O3. The molecule has 5 heteroatoms. The van der Waals surface area contributed by atoms with Crippen molar-refractivity contribution in [1.82, 2.24) is 5.32 Å². The first-order valence-electron chi connectivity index (χ1n) is 8.05. The minimum atomic E-state index is -0.254. The van der Waals surface area contributed by atoms with Crippen LogP contribution in [-0.4, -0.2) is 26.3 Å². The number of benzene rings is 2. The first-order chi connectivity index (χ1) is 11.7. The maximum absolute atomic E-state index is 11.9. The summed E-state index contributed by atoms with van der Waals surface area (Å²) in [5.74, 6) is 0.632. The molecule has 2 aromatic rings. The lowest BCUT2D eigenvalue weighted by atomic mass is 10.1. The lowest BCUT2D eigenvalue weighted by Crippen LogP contribution is -2.30. The van der Waals surface area contributed by atoms with Crippen LogP contribution in [0, 0.1) is 0 Å². The van der Waals surface area contributed by atoms with E-state index in [9.17, 15) is 4.79 Å². The van der Waals surface area contributed by atoms with Gasteiger partial charge in [-0.3, -0.25) is 0 Å². The number of para-hydroxylation sites is 2. The van der Waals surface area contributed by atoms with Crippen LogP contribution in [0.3, 0.4) is 0 Å². The largest absolute Gasteiger partial charge is 0.495 e.